The molecule has 1 fully saturated rings. The van der Waals surface area contributed by atoms with Gasteiger partial charge in [-0.2, -0.15) is 5.11 Å². The van der Waals surface area contributed by atoms with E-state index in [1.807, 2.05) is 30.3 Å². The quantitative estimate of drug-likeness (QED) is 0.408. The number of rotatable bonds is 7. The maximum absolute atomic E-state index is 11.9. The summed E-state index contributed by atoms with van der Waals surface area (Å²) in [7, 11) is 3.28. The maximum atomic E-state index is 11.9. The topological polar surface area (TPSA) is 88.5 Å². The molecule has 0 amide bonds. The van der Waals surface area contributed by atoms with Gasteiger partial charge in [0, 0.05) is 36.1 Å². The lowest BCUT2D eigenvalue weighted by molar-refractivity contribution is 0.0520. The molecule has 0 aliphatic carbocycles. The molecule has 31 heavy (non-hydrogen) atoms. The van der Waals surface area contributed by atoms with Crippen LogP contribution in [0.1, 0.15) is 30.3 Å². The molecule has 2 aromatic carbocycles. The third-order valence-corrected chi connectivity index (χ3v) is 5.30. The van der Waals surface area contributed by atoms with E-state index in [1.165, 1.54) is 12.8 Å². The summed E-state index contributed by atoms with van der Waals surface area (Å²) in [5, 5.41) is 9.63. The van der Waals surface area contributed by atoms with Crippen LogP contribution >= 0.6 is 0 Å². The zero-order chi connectivity index (χ0) is 21.8. The van der Waals surface area contributed by atoms with E-state index in [0.717, 1.165) is 35.4 Å². The van der Waals surface area contributed by atoms with E-state index in [-0.39, 0.29) is 5.97 Å². The minimum absolute atomic E-state index is 0.329. The van der Waals surface area contributed by atoms with Crippen molar-refractivity contribution in [2.75, 3.05) is 38.8 Å². The van der Waals surface area contributed by atoms with E-state index in [2.05, 4.69) is 20.1 Å². The van der Waals surface area contributed by atoms with Crippen molar-refractivity contribution in [2.45, 2.75) is 19.8 Å². The molecule has 0 atom stereocenters. The number of nitrogens with one attached hydrogen (secondary N) is 1. The van der Waals surface area contributed by atoms with Gasteiger partial charge in [-0.3, -0.25) is 0 Å². The van der Waals surface area contributed by atoms with Crippen molar-refractivity contribution in [3.05, 3.63) is 42.1 Å². The average molecular weight is 422 g/mol. The van der Waals surface area contributed by atoms with Crippen molar-refractivity contribution >= 4 is 33.9 Å². The van der Waals surface area contributed by atoms with E-state index in [1.54, 1.807) is 27.2 Å². The van der Waals surface area contributed by atoms with Crippen LogP contribution in [0.2, 0.25) is 0 Å². The fourth-order valence-corrected chi connectivity index (χ4v) is 3.76. The van der Waals surface area contributed by atoms with E-state index in [4.69, 9.17) is 14.2 Å². The Kier molecular flexibility index (Phi) is 6.06. The average Bonchev–Trinajstić information content (AvgIpc) is 3.47. The van der Waals surface area contributed by atoms with Crippen LogP contribution in [0.4, 0.5) is 17.1 Å². The van der Waals surface area contributed by atoms with Gasteiger partial charge in [0.2, 0.25) is 0 Å². The third-order valence-electron chi connectivity index (χ3n) is 5.30. The van der Waals surface area contributed by atoms with Crippen LogP contribution in [0.5, 0.6) is 11.5 Å². The number of aromatic amines is 1. The molecule has 2 heterocycles. The number of nitrogens with zero attached hydrogens (tertiary/aromatic N) is 3. The fourth-order valence-electron chi connectivity index (χ4n) is 3.76. The number of esters is 1. The first kappa shape index (κ1) is 20.7. The summed E-state index contributed by atoms with van der Waals surface area (Å²) < 4.78 is 16.2. The van der Waals surface area contributed by atoms with Crippen molar-refractivity contribution < 1.29 is 19.0 Å². The number of hydrogen-bond donors (Lipinski definition) is 1. The zero-order valence-electron chi connectivity index (χ0n) is 18.0. The Hall–Kier alpha value is -3.55. The van der Waals surface area contributed by atoms with Crippen molar-refractivity contribution in [3.8, 4) is 11.5 Å². The highest BCUT2D eigenvalue weighted by molar-refractivity contribution is 5.95. The number of benzene rings is 2. The minimum Gasteiger partial charge on any atom is -0.494 e. The Morgan fingerprint density at radius 1 is 1.03 bits per heavy atom. The van der Waals surface area contributed by atoms with Gasteiger partial charge in [0.05, 0.1) is 32.2 Å². The van der Waals surface area contributed by atoms with Gasteiger partial charge in [-0.15, -0.1) is 5.11 Å². The van der Waals surface area contributed by atoms with Gasteiger partial charge in [-0.25, -0.2) is 4.79 Å². The molecule has 1 aliphatic heterocycles. The van der Waals surface area contributed by atoms with Crippen LogP contribution in [-0.2, 0) is 4.74 Å². The first-order valence-corrected chi connectivity index (χ1v) is 10.4. The standard InChI is InChI=1S/C23H26N4O4/c1-4-31-23(28)19-12-15-11-16(7-8-17(15)24-19)25-26-18-13-22(30-3)20(14-21(18)29-2)27-9-5-6-10-27/h7-8,11-14,24H,4-6,9-10H2,1-3H3. The Bertz CT molecular complexity index is 1120. The second-order valence-electron chi connectivity index (χ2n) is 7.27. The highest BCUT2D eigenvalue weighted by Crippen LogP contribution is 2.41. The molecule has 0 saturated carbocycles. The molecule has 0 bridgehead atoms. The monoisotopic (exact) mass is 422 g/mol. The Morgan fingerprint density at radius 3 is 2.52 bits per heavy atom. The summed E-state index contributed by atoms with van der Waals surface area (Å²) in [4.78, 5) is 17.3. The molecule has 1 N–H and O–H groups in total. The first-order chi connectivity index (χ1) is 15.1. The van der Waals surface area contributed by atoms with Crippen LogP contribution in [0, 0.1) is 0 Å². The molecule has 0 radical (unpaired) electrons. The Morgan fingerprint density at radius 2 is 1.81 bits per heavy atom. The number of ether oxygens (including phenoxy) is 3. The first-order valence-electron chi connectivity index (χ1n) is 10.4. The highest BCUT2D eigenvalue weighted by Gasteiger charge is 2.19. The van der Waals surface area contributed by atoms with Gasteiger partial charge in [-0.05, 0) is 44.0 Å². The van der Waals surface area contributed by atoms with Crippen molar-refractivity contribution in [2.24, 2.45) is 10.2 Å². The van der Waals surface area contributed by atoms with Gasteiger partial charge in [0.1, 0.15) is 22.9 Å². The van der Waals surface area contributed by atoms with E-state index in [9.17, 15) is 4.79 Å². The summed E-state index contributed by atoms with van der Waals surface area (Å²) in [5.41, 5.74) is 3.50. The maximum Gasteiger partial charge on any atom is 0.354 e. The molecule has 0 unspecified atom stereocenters. The molecule has 162 valence electrons. The van der Waals surface area contributed by atoms with E-state index in [0.29, 0.717) is 29.4 Å². The lowest BCUT2D eigenvalue weighted by Crippen LogP contribution is -2.18. The van der Waals surface area contributed by atoms with Crippen LogP contribution in [0.25, 0.3) is 10.9 Å². The van der Waals surface area contributed by atoms with Crippen molar-refractivity contribution in [3.63, 3.8) is 0 Å². The number of methoxy groups -OCH3 is 2. The minimum atomic E-state index is -0.378. The Labute approximate surface area is 180 Å². The molecule has 8 heteroatoms. The molecule has 1 aromatic heterocycles. The third kappa shape index (κ3) is 4.33. The summed E-state index contributed by atoms with van der Waals surface area (Å²) in [6.45, 7) is 4.12. The normalized spacial score (nSPS) is 13.8. The molecular formula is C23H26N4O4. The Balaban J connectivity index is 1.62. The number of azo groups is 1. The molecule has 3 aromatic rings. The van der Waals surface area contributed by atoms with Gasteiger partial charge >= 0.3 is 5.97 Å². The van der Waals surface area contributed by atoms with Gasteiger partial charge in [-0.1, -0.05) is 0 Å². The largest absolute Gasteiger partial charge is 0.494 e. The van der Waals surface area contributed by atoms with Crippen LogP contribution in [0.3, 0.4) is 0 Å². The SMILES string of the molecule is CCOC(=O)c1cc2cc(N=Nc3cc(OC)c(N4CCCC4)cc3OC)ccc2[nH]1. The second kappa shape index (κ2) is 9.07. The van der Waals surface area contributed by atoms with Crippen molar-refractivity contribution in [1.29, 1.82) is 0 Å². The van der Waals surface area contributed by atoms with Gasteiger partial charge in [0.25, 0.3) is 0 Å². The van der Waals surface area contributed by atoms with Crippen LogP contribution in [0.15, 0.2) is 46.6 Å². The lowest BCUT2D eigenvalue weighted by Gasteiger charge is -2.21. The second-order valence-corrected chi connectivity index (χ2v) is 7.27. The van der Waals surface area contributed by atoms with Gasteiger partial charge < -0.3 is 24.1 Å². The summed E-state index contributed by atoms with van der Waals surface area (Å²) >= 11 is 0. The van der Waals surface area contributed by atoms with Crippen LogP contribution in [-0.4, -0.2) is 44.9 Å². The number of hydrogen-bond acceptors (Lipinski definition) is 7. The smallest absolute Gasteiger partial charge is 0.354 e. The molecule has 8 nitrogen and oxygen atoms in total. The van der Waals surface area contributed by atoms with Gasteiger partial charge in [0.15, 0.2) is 0 Å². The van der Waals surface area contributed by atoms with Crippen molar-refractivity contribution in [1.82, 2.24) is 4.98 Å². The molecule has 0 spiro atoms. The molecule has 4 rings (SSSR count). The fraction of sp³-hybridized carbons (Fsp3) is 0.348. The molecule has 1 saturated heterocycles. The van der Waals surface area contributed by atoms with Crippen LogP contribution < -0.4 is 14.4 Å². The number of carbonyl (C=O) groups excluding carboxylic acids is 1. The number of anilines is 1. The molecule has 1 aliphatic rings. The number of H-pyrrole nitrogens is 1. The summed E-state index contributed by atoms with van der Waals surface area (Å²) in [5.74, 6) is 1.01. The van der Waals surface area contributed by atoms with E-state index < -0.39 is 0 Å². The predicted octanol–water partition coefficient (Wildman–Crippen LogP) is 5.38. The summed E-state index contributed by atoms with van der Waals surface area (Å²) in [6.07, 6.45) is 2.35. The number of fused-ring (bicyclic) bond motifs is 1. The molecular weight excluding hydrogens is 396 g/mol. The predicted molar refractivity (Wildman–Crippen MR) is 119 cm³/mol. The summed E-state index contributed by atoms with van der Waals surface area (Å²) in [6, 6.07) is 11.1. The number of aromatic nitrogens is 1. The number of carbonyl (C=O) groups is 1. The lowest BCUT2D eigenvalue weighted by atomic mass is 10.2. The highest BCUT2D eigenvalue weighted by atomic mass is 16.5. The zero-order valence-corrected chi connectivity index (χ0v) is 18.0. The van der Waals surface area contributed by atoms with E-state index >= 15 is 0 Å².